The number of thiophene rings is 1. The van der Waals surface area contributed by atoms with E-state index in [0.29, 0.717) is 0 Å². The number of aryl methyl sites for hydroxylation is 2. The molecule has 0 saturated heterocycles. The fourth-order valence-electron chi connectivity index (χ4n) is 1.69. The predicted molar refractivity (Wildman–Crippen MR) is 80.6 cm³/mol. The van der Waals surface area contributed by atoms with Gasteiger partial charge < -0.3 is 0 Å². The molecule has 2 rings (SSSR count). The zero-order chi connectivity index (χ0) is 12.6. The fraction of sp³-hybridized carbons (Fsp3) is 0.231. The van der Waals surface area contributed by atoms with Gasteiger partial charge in [-0.05, 0) is 64.7 Å². The molecular weight excluding hydrogens is 339 g/mol. The summed E-state index contributed by atoms with van der Waals surface area (Å²) in [6, 6.07) is 8.12. The van der Waals surface area contributed by atoms with Gasteiger partial charge in [0.05, 0.1) is 9.16 Å². The molecular formula is C13H11BrCl2S. The van der Waals surface area contributed by atoms with Gasteiger partial charge in [-0.1, -0.05) is 17.7 Å². The van der Waals surface area contributed by atoms with Gasteiger partial charge in [0.1, 0.15) is 0 Å². The Balaban J connectivity index is 2.43. The number of alkyl halides is 1. The molecule has 0 aliphatic carbocycles. The minimum atomic E-state index is -0.109. The Labute approximate surface area is 124 Å². The van der Waals surface area contributed by atoms with Crippen LogP contribution >= 0.6 is 50.5 Å². The van der Waals surface area contributed by atoms with Crippen molar-refractivity contribution in [1.82, 2.24) is 0 Å². The zero-order valence-corrected chi connectivity index (χ0v) is 13.3. The monoisotopic (exact) mass is 348 g/mol. The van der Waals surface area contributed by atoms with Gasteiger partial charge in [-0.15, -0.1) is 22.9 Å². The molecule has 0 radical (unpaired) electrons. The molecule has 0 N–H and O–H groups in total. The Morgan fingerprint density at radius 1 is 1.18 bits per heavy atom. The van der Waals surface area contributed by atoms with Gasteiger partial charge in [-0.25, -0.2) is 0 Å². The van der Waals surface area contributed by atoms with E-state index in [1.807, 2.05) is 26.0 Å². The molecule has 1 atom stereocenters. The maximum atomic E-state index is 6.52. The number of benzene rings is 1. The third-order valence-electron chi connectivity index (χ3n) is 2.66. The lowest BCUT2D eigenvalue weighted by Crippen LogP contribution is -1.95. The third kappa shape index (κ3) is 2.87. The second kappa shape index (κ2) is 5.31. The van der Waals surface area contributed by atoms with E-state index in [9.17, 15) is 0 Å². The van der Waals surface area contributed by atoms with E-state index < -0.39 is 0 Å². The maximum Gasteiger partial charge on any atom is 0.0930 e. The first kappa shape index (κ1) is 13.4. The van der Waals surface area contributed by atoms with E-state index in [0.717, 1.165) is 30.4 Å². The minimum absolute atomic E-state index is 0.109. The normalized spacial score (nSPS) is 12.8. The summed E-state index contributed by atoms with van der Waals surface area (Å²) in [5.74, 6) is 0. The van der Waals surface area contributed by atoms with Crippen molar-refractivity contribution in [3.8, 4) is 0 Å². The molecule has 0 aliphatic heterocycles. The highest BCUT2D eigenvalue weighted by Gasteiger charge is 2.16. The molecule has 0 amide bonds. The highest BCUT2D eigenvalue weighted by molar-refractivity contribution is 9.11. The first-order valence-corrected chi connectivity index (χ1v) is 7.57. The van der Waals surface area contributed by atoms with Crippen LogP contribution in [-0.2, 0) is 0 Å². The van der Waals surface area contributed by atoms with Gasteiger partial charge in [0, 0.05) is 9.90 Å². The van der Waals surface area contributed by atoms with E-state index >= 15 is 0 Å². The van der Waals surface area contributed by atoms with Crippen molar-refractivity contribution in [3.05, 3.63) is 54.6 Å². The van der Waals surface area contributed by atoms with Crippen molar-refractivity contribution in [2.75, 3.05) is 0 Å². The molecule has 1 unspecified atom stereocenters. The fourth-order valence-corrected chi connectivity index (χ4v) is 3.77. The molecule has 90 valence electrons. The second-order valence-electron chi connectivity index (χ2n) is 3.96. The largest absolute Gasteiger partial charge is 0.131 e. The molecule has 17 heavy (non-hydrogen) atoms. The lowest BCUT2D eigenvalue weighted by atomic mass is 10.0. The van der Waals surface area contributed by atoms with Gasteiger partial charge >= 0.3 is 0 Å². The molecule has 0 spiro atoms. The molecule has 4 heteroatoms. The van der Waals surface area contributed by atoms with Gasteiger partial charge in [-0.2, -0.15) is 0 Å². The van der Waals surface area contributed by atoms with Crippen LogP contribution in [0.5, 0.6) is 0 Å². The summed E-state index contributed by atoms with van der Waals surface area (Å²) in [6.07, 6.45) is 0. The zero-order valence-electron chi connectivity index (χ0n) is 9.43. The topological polar surface area (TPSA) is 0 Å². The highest BCUT2D eigenvalue weighted by atomic mass is 79.9. The summed E-state index contributed by atoms with van der Waals surface area (Å²) in [4.78, 5) is 1.14. The Morgan fingerprint density at radius 2 is 1.88 bits per heavy atom. The van der Waals surface area contributed by atoms with Gasteiger partial charge in [0.15, 0.2) is 0 Å². The van der Waals surface area contributed by atoms with Crippen LogP contribution in [0.3, 0.4) is 0 Å². The van der Waals surface area contributed by atoms with Crippen LogP contribution in [0, 0.1) is 13.8 Å². The molecule has 1 aromatic heterocycles. The van der Waals surface area contributed by atoms with Crippen molar-refractivity contribution >= 4 is 50.5 Å². The first-order chi connectivity index (χ1) is 7.99. The van der Waals surface area contributed by atoms with Gasteiger partial charge in [-0.3, -0.25) is 0 Å². The smallest absolute Gasteiger partial charge is 0.0930 e. The van der Waals surface area contributed by atoms with Crippen LogP contribution in [-0.4, -0.2) is 0 Å². The number of hydrogen-bond donors (Lipinski definition) is 0. The SMILES string of the molecule is Cc1cc(C(Cl)c2ccc(Br)s2)c(C)cc1Cl. The van der Waals surface area contributed by atoms with Crippen LogP contribution in [0.2, 0.25) is 5.02 Å². The van der Waals surface area contributed by atoms with E-state index in [1.54, 1.807) is 11.3 Å². The van der Waals surface area contributed by atoms with Gasteiger partial charge in [0.25, 0.3) is 0 Å². The number of halogens is 3. The lowest BCUT2D eigenvalue weighted by molar-refractivity contribution is 1.13. The molecule has 2 aromatic rings. The Bertz CT molecular complexity index is 548. The van der Waals surface area contributed by atoms with E-state index in [2.05, 4.69) is 28.1 Å². The average molecular weight is 350 g/mol. The molecule has 0 fully saturated rings. The maximum absolute atomic E-state index is 6.52. The quantitative estimate of drug-likeness (QED) is 0.574. The summed E-state index contributed by atoms with van der Waals surface area (Å²) in [6.45, 7) is 4.04. The van der Waals surface area contributed by atoms with Crippen molar-refractivity contribution < 1.29 is 0 Å². The van der Waals surface area contributed by atoms with Crippen LogP contribution in [0.25, 0.3) is 0 Å². The summed E-state index contributed by atoms with van der Waals surface area (Å²) in [7, 11) is 0. The summed E-state index contributed by atoms with van der Waals surface area (Å²) in [5.41, 5.74) is 3.32. The number of rotatable bonds is 2. The second-order valence-corrected chi connectivity index (χ2v) is 7.30. The summed E-state index contributed by atoms with van der Waals surface area (Å²) < 4.78 is 1.10. The predicted octanol–water partition coefficient (Wildman–Crippen LogP) is 6.11. The lowest BCUT2D eigenvalue weighted by Gasteiger charge is -2.13. The Hall–Kier alpha value is -0.0200. The summed E-state index contributed by atoms with van der Waals surface area (Å²) >= 11 is 17.7. The van der Waals surface area contributed by atoms with Crippen molar-refractivity contribution in [2.24, 2.45) is 0 Å². The minimum Gasteiger partial charge on any atom is -0.131 e. The molecule has 0 bridgehead atoms. The number of hydrogen-bond acceptors (Lipinski definition) is 1. The molecule has 0 nitrogen and oxygen atoms in total. The van der Waals surface area contributed by atoms with Crippen LogP contribution < -0.4 is 0 Å². The van der Waals surface area contributed by atoms with E-state index in [1.165, 1.54) is 0 Å². The van der Waals surface area contributed by atoms with Crippen LogP contribution in [0.15, 0.2) is 28.1 Å². The molecule has 0 aliphatic rings. The highest BCUT2D eigenvalue weighted by Crippen LogP contribution is 2.38. The van der Waals surface area contributed by atoms with Crippen LogP contribution in [0.4, 0.5) is 0 Å². The van der Waals surface area contributed by atoms with Gasteiger partial charge in [0.2, 0.25) is 0 Å². The van der Waals surface area contributed by atoms with Crippen molar-refractivity contribution in [2.45, 2.75) is 19.2 Å². The van der Waals surface area contributed by atoms with Crippen molar-refractivity contribution in [1.29, 1.82) is 0 Å². The molecule has 0 saturated carbocycles. The first-order valence-electron chi connectivity index (χ1n) is 5.15. The van der Waals surface area contributed by atoms with E-state index in [4.69, 9.17) is 23.2 Å². The third-order valence-corrected chi connectivity index (χ3v) is 5.36. The van der Waals surface area contributed by atoms with Crippen LogP contribution in [0.1, 0.15) is 26.9 Å². The van der Waals surface area contributed by atoms with Crippen molar-refractivity contribution in [3.63, 3.8) is 0 Å². The van der Waals surface area contributed by atoms with E-state index in [-0.39, 0.29) is 5.38 Å². The summed E-state index contributed by atoms with van der Waals surface area (Å²) in [5, 5.41) is 0.685. The molecule has 1 aromatic carbocycles. The average Bonchev–Trinajstić information content (AvgIpc) is 2.69. The Morgan fingerprint density at radius 3 is 2.47 bits per heavy atom. The Kier molecular flexibility index (Phi) is 4.19. The standard InChI is InChI=1S/C13H11BrCl2S/c1-7-6-10(15)8(2)5-9(7)13(16)11-3-4-12(14)17-11/h3-6,13H,1-2H3. The molecule has 1 heterocycles.